The van der Waals surface area contributed by atoms with Crippen LogP contribution in [0.2, 0.25) is 0 Å². The molecule has 0 atom stereocenters. The fraction of sp³-hybridized carbons (Fsp3) is 0.111. The van der Waals surface area contributed by atoms with E-state index in [1.807, 2.05) is 0 Å². The highest BCUT2D eigenvalue weighted by Crippen LogP contribution is 2.35. The van der Waals surface area contributed by atoms with Crippen LogP contribution in [-0.2, 0) is 11.3 Å². The van der Waals surface area contributed by atoms with E-state index in [1.54, 1.807) is 0 Å². The topological polar surface area (TPSA) is 133 Å². The summed E-state index contributed by atoms with van der Waals surface area (Å²) in [5.41, 5.74) is 0.567. The number of thioether (sulfide) groups is 1. The van der Waals surface area contributed by atoms with Crippen molar-refractivity contribution in [2.24, 2.45) is 0 Å². The number of carbonyl (C=O) groups excluding carboxylic acids is 2. The average Bonchev–Trinajstić information content (AvgIpc) is 2.95. The van der Waals surface area contributed by atoms with Gasteiger partial charge in [-0.25, -0.2) is 0 Å². The summed E-state index contributed by atoms with van der Waals surface area (Å²) in [5.74, 6) is -0.246. The van der Waals surface area contributed by atoms with Crippen molar-refractivity contribution in [2.75, 3.05) is 7.11 Å². The van der Waals surface area contributed by atoms with Gasteiger partial charge in [-0.15, -0.1) is 0 Å². The standard InChI is InChI=1S/C18H13N3O7S/c1-28-15-7-6-14(21(26)27)8-12(15)9-16-17(22)19(18(23)29-16)10-11-2-4-13(5-3-11)20(24)25/h2-9H,10H2,1H3/b16-9+. The van der Waals surface area contributed by atoms with Crippen molar-refractivity contribution in [1.82, 2.24) is 4.90 Å². The molecular weight excluding hydrogens is 402 g/mol. The Morgan fingerprint density at radius 2 is 1.66 bits per heavy atom. The Morgan fingerprint density at radius 1 is 1.03 bits per heavy atom. The quantitative estimate of drug-likeness (QED) is 0.396. The lowest BCUT2D eigenvalue weighted by molar-refractivity contribution is -0.385. The molecule has 1 aliphatic heterocycles. The SMILES string of the molecule is COc1ccc([N+](=O)[O-])cc1/C=C1/SC(=O)N(Cc2ccc([N+](=O)[O-])cc2)C1=O. The van der Waals surface area contributed by atoms with Gasteiger partial charge in [-0.2, -0.15) is 0 Å². The van der Waals surface area contributed by atoms with E-state index in [-0.39, 0.29) is 22.8 Å². The van der Waals surface area contributed by atoms with E-state index >= 15 is 0 Å². The Hall–Kier alpha value is -3.73. The van der Waals surface area contributed by atoms with Gasteiger partial charge in [0.15, 0.2) is 0 Å². The van der Waals surface area contributed by atoms with Crippen LogP contribution in [0, 0.1) is 20.2 Å². The van der Waals surface area contributed by atoms with E-state index in [9.17, 15) is 29.8 Å². The molecule has 0 radical (unpaired) electrons. The first kappa shape index (κ1) is 20.0. The summed E-state index contributed by atoms with van der Waals surface area (Å²) in [5, 5.41) is 21.2. The number of amides is 2. The third-order valence-corrected chi connectivity index (χ3v) is 4.98. The average molecular weight is 415 g/mol. The Morgan fingerprint density at radius 3 is 2.24 bits per heavy atom. The zero-order valence-corrected chi connectivity index (χ0v) is 15.8. The van der Waals surface area contributed by atoms with Crippen molar-refractivity contribution in [3.05, 3.63) is 78.7 Å². The summed E-state index contributed by atoms with van der Waals surface area (Å²) in [7, 11) is 1.39. The van der Waals surface area contributed by atoms with Crippen LogP contribution in [0.3, 0.4) is 0 Å². The maximum absolute atomic E-state index is 12.7. The molecule has 3 rings (SSSR count). The van der Waals surface area contributed by atoms with Gasteiger partial charge in [0.05, 0.1) is 28.4 Å². The summed E-state index contributed by atoms with van der Waals surface area (Å²) in [4.78, 5) is 46.6. The number of imide groups is 1. The number of non-ortho nitro benzene ring substituents is 2. The zero-order valence-electron chi connectivity index (χ0n) is 14.9. The summed E-state index contributed by atoms with van der Waals surface area (Å²) in [6.45, 7) is -0.0495. The van der Waals surface area contributed by atoms with Gasteiger partial charge in [0.2, 0.25) is 0 Å². The van der Waals surface area contributed by atoms with Crippen molar-refractivity contribution < 1.29 is 24.2 Å². The van der Waals surface area contributed by atoms with Gasteiger partial charge >= 0.3 is 0 Å². The molecule has 148 valence electrons. The van der Waals surface area contributed by atoms with Crippen LogP contribution in [0.5, 0.6) is 5.75 Å². The van der Waals surface area contributed by atoms with E-state index < -0.39 is 21.0 Å². The highest BCUT2D eigenvalue weighted by atomic mass is 32.2. The van der Waals surface area contributed by atoms with Gasteiger partial charge in [0.1, 0.15) is 5.75 Å². The van der Waals surface area contributed by atoms with E-state index in [0.717, 1.165) is 4.90 Å². The number of nitrogens with zero attached hydrogens (tertiary/aromatic N) is 3. The summed E-state index contributed by atoms with van der Waals surface area (Å²) in [6.07, 6.45) is 1.37. The van der Waals surface area contributed by atoms with Crippen molar-refractivity contribution in [3.63, 3.8) is 0 Å². The van der Waals surface area contributed by atoms with Crippen molar-refractivity contribution >= 4 is 40.4 Å². The molecule has 0 aromatic heterocycles. The normalized spacial score (nSPS) is 15.1. The summed E-state index contributed by atoms with van der Waals surface area (Å²) >= 11 is 0.702. The monoisotopic (exact) mass is 415 g/mol. The Balaban J connectivity index is 1.86. The minimum Gasteiger partial charge on any atom is -0.496 e. The van der Waals surface area contributed by atoms with Crippen LogP contribution in [0.25, 0.3) is 6.08 Å². The first-order valence-corrected chi connectivity index (χ1v) is 8.93. The number of benzene rings is 2. The molecule has 1 heterocycles. The largest absolute Gasteiger partial charge is 0.496 e. The van der Waals surface area contributed by atoms with Crippen LogP contribution in [0.1, 0.15) is 11.1 Å². The molecule has 1 saturated heterocycles. The fourth-order valence-corrected chi connectivity index (χ4v) is 3.46. The van der Waals surface area contributed by atoms with Crippen LogP contribution < -0.4 is 4.74 Å². The number of ether oxygens (including phenoxy) is 1. The third kappa shape index (κ3) is 4.24. The number of methoxy groups -OCH3 is 1. The minimum atomic E-state index is -0.572. The molecule has 2 aromatic rings. The zero-order chi connectivity index (χ0) is 21.1. The van der Waals surface area contributed by atoms with Crippen LogP contribution in [0.15, 0.2) is 47.4 Å². The highest BCUT2D eigenvalue weighted by molar-refractivity contribution is 8.18. The van der Waals surface area contributed by atoms with Gasteiger partial charge < -0.3 is 4.74 Å². The molecule has 1 aliphatic rings. The Labute approximate surface area is 168 Å². The fourth-order valence-electron chi connectivity index (χ4n) is 2.63. The van der Waals surface area contributed by atoms with Crippen LogP contribution in [-0.4, -0.2) is 33.0 Å². The lowest BCUT2D eigenvalue weighted by atomic mass is 10.1. The summed E-state index contributed by atoms with van der Waals surface area (Å²) < 4.78 is 5.16. The number of nitro groups is 2. The smallest absolute Gasteiger partial charge is 0.293 e. The first-order valence-electron chi connectivity index (χ1n) is 8.11. The molecule has 0 bridgehead atoms. The van der Waals surface area contributed by atoms with E-state index in [1.165, 1.54) is 55.7 Å². The van der Waals surface area contributed by atoms with Gasteiger partial charge in [0.25, 0.3) is 22.5 Å². The highest BCUT2D eigenvalue weighted by Gasteiger charge is 2.35. The molecule has 1 fully saturated rings. The molecule has 0 spiro atoms. The molecule has 2 aromatic carbocycles. The van der Waals surface area contributed by atoms with Crippen molar-refractivity contribution in [3.8, 4) is 5.75 Å². The molecule has 29 heavy (non-hydrogen) atoms. The van der Waals surface area contributed by atoms with Gasteiger partial charge in [-0.05, 0) is 29.5 Å². The molecule has 0 aliphatic carbocycles. The van der Waals surface area contributed by atoms with Gasteiger partial charge in [-0.3, -0.25) is 34.7 Å². The number of nitro benzene ring substituents is 2. The molecule has 11 heteroatoms. The number of carbonyl (C=O) groups is 2. The molecule has 0 N–H and O–H groups in total. The molecule has 0 saturated carbocycles. The number of hydrogen-bond acceptors (Lipinski definition) is 8. The predicted octanol–water partition coefficient (Wildman–Crippen LogP) is 3.75. The molecular formula is C18H13N3O7S. The molecule has 0 unspecified atom stereocenters. The van der Waals surface area contributed by atoms with Crippen molar-refractivity contribution in [1.29, 1.82) is 0 Å². The van der Waals surface area contributed by atoms with E-state index in [0.29, 0.717) is 28.6 Å². The Bertz CT molecular complexity index is 1050. The third-order valence-electron chi connectivity index (χ3n) is 4.07. The van der Waals surface area contributed by atoms with Crippen molar-refractivity contribution in [2.45, 2.75) is 6.54 Å². The predicted molar refractivity (Wildman–Crippen MR) is 104 cm³/mol. The Kier molecular flexibility index (Phi) is 5.59. The van der Waals surface area contributed by atoms with Crippen LogP contribution >= 0.6 is 11.8 Å². The van der Waals surface area contributed by atoms with E-state index in [2.05, 4.69) is 0 Å². The van der Waals surface area contributed by atoms with Gasteiger partial charge in [-0.1, -0.05) is 12.1 Å². The second kappa shape index (κ2) is 8.10. The number of hydrogen-bond donors (Lipinski definition) is 0. The lowest BCUT2D eigenvalue weighted by Crippen LogP contribution is -2.27. The van der Waals surface area contributed by atoms with E-state index in [4.69, 9.17) is 4.74 Å². The maximum Gasteiger partial charge on any atom is 0.293 e. The first-order chi connectivity index (χ1) is 13.8. The molecule has 10 nitrogen and oxygen atoms in total. The summed E-state index contributed by atoms with van der Waals surface area (Å²) in [6, 6.07) is 9.45. The number of rotatable bonds is 6. The lowest BCUT2D eigenvalue weighted by Gasteiger charge is -2.12. The second-order valence-corrected chi connectivity index (χ2v) is 6.87. The maximum atomic E-state index is 12.7. The van der Waals surface area contributed by atoms with Gasteiger partial charge in [0, 0.05) is 29.8 Å². The second-order valence-electron chi connectivity index (χ2n) is 5.87. The molecule has 2 amide bonds. The van der Waals surface area contributed by atoms with Crippen LogP contribution in [0.4, 0.5) is 16.2 Å². The minimum absolute atomic E-state index is 0.0495.